The lowest BCUT2D eigenvalue weighted by Crippen LogP contribution is -2.41. The van der Waals surface area contributed by atoms with Gasteiger partial charge in [-0.3, -0.25) is 0 Å². The number of hydrogen-bond acceptors (Lipinski definition) is 5. The molecule has 2 aliphatic rings. The molecule has 0 unspecified atom stereocenters. The normalized spacial score (nSPS) is 21.6. The van der Waals surface area contributed by atoms with Crippen molar-refractivity contribution in [3.05, 3.63) is 11.3 Å². The number of halogens is 3. The van der Waals surface area contributed by atoms with Gasteiger partial charge < -0.3 is 20.2 Å². The zero-order chi connectivity index (χ0) is 21.9. The molecule has 1 aromatic rings. The first-order chi connectivity index (χ1) is 14.1. The standard InChI is InChI=1S/C20H30Cl3N5O2/c1-27(2)17-15-5-3-4-6-16(15)25-18(26-17)24-14-9-7-13(8-10-14)11-28(19(29)30)12-20(21,22)23/h13-14H,3-12H2,1-2H3,(H,29,30)(H,24,25,26). The molecule has 3 rings (SSSR count). The van der Waals surface area contributed by atoms with Crippen LogP contribution < -0.4 is 10.2 Å². The molecule has 2 aliphatic carbocycles. The van der Waals surface area contributed by atoms with Crippen molar-refractivity contribution in [1.82, 2.24) is 14.9 Å². The molecule has 0 radical (unpaired) electrons. The van der Waals surface area contributed by atoms with E-state index in [1.807, 2.05) is 14.1 Å². The first kappa shape index (κ1) is 23.5. The Morgan fingerprint density at radius 1 is 1.13 bits per heavy atom. The summed E-state index contributed by atoms with van der Waals surface area (Å²) < 4.78 is -1.61. The topological polar surface area (TPSA) is 81.6 Å². The summed E-state index contributed by atoms with van der Waals surface area (Å²) in [5.41, 5.74) is 2.45. The number of fused-ring (bicyclic) bond motifs is 1. The Hall–Kier alpha value is -1.18. The fourth-order valence-electron chi connectivity index (χ4n) is 4.42. The van der Waals surface area contributed by atoms with Gasteiger partial charge in [0.2, 0.25) is 9.74 Å². The second-order valence-corrected chi connectivity index (χ2v) is 11.1. The lowest BCUT2D eigenvalue weighted by atomic mass is 9.85. The summed E-state index contributed by atoms with van der Waals surface area (Å²) in [6.45, 7) is 0.261. The van der Waals surface area contributed by atoms with E-state index in [9.17, 15) is 9.90 Å². The fourth-order valence-corrected chi connectivity index (χ4v) is 4.85. The SMILES string of the molecule is CN(C)c1nc(NC2CCC(CN(CC(Cl)(Cl)Cl)C(=O)O)CC2)nc2c1CCCC2. The van der Waals surface area contributed by atoms with Gasteiger partial charge in [0.25, 0.3) is 0 Å². The van der Waals surface area contributed by atoms with Crippen LogP contribution in [0.3, 0.4) is 0 Å². The third-order valence-corrected chi connectivity index (χ3v) is 6.24. The zero-order valence-corrected chi connectivity index (χ0v) is 19.8. The Balaban J connectivity index is 1.58. The van der Waals surface area contributed by atoms with Crippen LogP contribution in [0.15, 0.2) is 0 Å². The molecule has 10 heteroatoms. The van der Waals surface area contributed by atoms with E-state index in [-0.39, 0.29) is 18.5 Å². The molecule has 30 heavy (non-hydrogen) atoms. The number of hydrogen-bond donors (Lipinski definition) is 2. The van der Waals surface area contributed by atoms with E-state index in [1.54, 1.807) is 0 Å². The molecule has 7 nitrogen and oxygen atoms in total. The monoisotopic (exact) mass is 477 g/mol. The van der Waals surface area contributed by atoms with Gasteiger partial charge >= 0.3 is 6.09 Å². The molecule has 1 saturated carbocycles. The highest BCUT2D eigenvalue weighted by Gasteiger charge is 2.30. The van der Waals surface area contributed by atoms with Crippen LogP contribution in [0.4, 0.5) is 16.6 Å². The summed E-state index contributed by atoms with van der Waals surface area (Å²) in [6, 6.07) is 0.282. The van der Waals surface area contributed by atoms with Crippen molar-refractivity contribution in [3.8, 4) is 0 Å². The van der Waals surface area contributed by atoms with Gasteiger partial charge in [-0.1, -0.05) is 34.8 Å². The number of aryl methyl sites for hydroxylation is 1. The molecule has 1 aromatic heterocycles. The number of amides is 1. The molecule has 1 fully saturated rings. The Morgan fingerprint density at radius 2 is 1.80 bits per heavy atom. The maximum absolute atomic E-state index is 11.5. The van der Waals surface area contributed by atoms with E-state index in [4.69, 9.17) is 44.8 Å². The average molecular weight is 479 g/mol. The number of nitrogens with zero attached hydrogens (tertiary/aromatic N) is 4. The summed E-state index contributed by atoms with van der Waals surface area (Å²) in [6.07, 6.45) is 7.05. The number of carbonyl (C=O) groups is 1. The third kappa shape index (κ3) is 6.41. The predicted molar refractivity (Wildman–Crippen MR) is 122 cm³/mol. The van der Waals surface area contributed by atoms with Crippen molar-refractivity contribution in [2.24, 2.45) is 5.92 Å². The Kier molecular flexibility index (Phi) is 7.80. The second-order valence-electron chi connectivity index (χ2n) is 8.54. The predicted octanol–water partition coefficient (Wildman–Crippen LogP) is 4.74. The van der Waals surface area contributed by atoms with Gasteiger partial charge in [0.15, 0.2) is 0 Å². The van der Waals surface area contributed by atoms with Gasteiger partial charge in [-0.25, -0.2) is 9.78 Å². The maximum atomic E-state index is 11.5. The van der Waals surface area contributed by atoms with Crippen LogP contribution in [0.5, 0.6) is 0 Å². The third-order valence-electron chi connectivity index (χ3n) is 5.88. The summed E-state index contributed by atoms with van der Waals surface area (Å²) in [4.78, 5) is 24.3. The van der Waals surface area contributed by atoms with Crippen LogP contribution in [0.2, 0.25) is 0 Å². The van der Waals surface area contributed by atoms with Gasteiger partial charge in [0, 0.05) is 32.2 Å². The van der Waals surface area contributed by atoms with Crippen molar-refractivity contribution in [1.29, 1.82) is 0 Å². The van der Waals surface area contributed by atoms with E-state index < -0.39 is 9.89 Å². The fraction of sp³-hybridized carbons (Fsp3) is 0.750. The van der Waals surface area contributed by atoms with E-state index in [1.165, 1.54) is 29.0 Å². The highest BCUT2D eigenvalue weighted by atomic mass is 35.6. The largest absolute Gasteiger partial charge is 0.465 e. The number of anilines is 2. The first-order valence-corrected chi connectivity index (χ1v) is 11.6. The highest BCUT2D eigenvalue weighted by molar-refractivity contribution is 6.67. The summed E-state index contributed by atoms with van der Waals surface area (Å²) in [5, 5.41) is 12.9. The number of rotatable bonds is 6. The van der Waals surface area contributed by atoms with Gasteiger partial charge in [0.1, 0.15) is 5.82 Å². The van der Waals surface area contributed by atoms with Crippen LogP contribution in [-0.2, 0) is 12.8 Å². The Bertz CT molecular complexity index is 749. The quantitative estimate of drug-likeness (QED) is 0.575. The molecule has 1 heterocycles. The van der Waals surface area contributed by atoms with Crippen LogP contribution in [-0.4, -0.2) is 63.1 Å². The molecule has 0 aliphatic heterocycles. The lowest BCUT2D eigenvalue weighted by Gasteiger charge is -2.33. The maximum Gasteiger partial charge on any atom is 0.407 e. The Labute approximate surface area is 193 Å². The van der Waals surface area contributed by atoms with E-state index >= 15 is 0 Å². The van der Waals surface area contributed by atoms with Crippen LogP contribution in [0, 0.1) is 5.92 Å². The molecule has 0 bridgehead atoms. The molecule has 1 amide bonds. The minimum atomic E-state index is -1.61. The minimum Gasteiger partial charge on any atom is -0.465 e. The van der Waals surface area contributed by atoms with Crippen LogP contribution >= 0.6 is 34.8 Å². The summed E-state index contributed by atoms with van der Waals surface area (Å²) in [5.74, 6) is 1.97. The van der Waals surface area contributed by atoms with Gasteiger partial charge in [-0.15, -0.1) is 0 Å². The highest BCUT2D eigenvalue weighted by Crippen LogP contribution is 2.32. The number of nitrogens with one attached hydrogen (secondary N) is 1. The smallest absolute Gasteiger partial charge is 0.407 e. The summed E-state index contributed by atoms with van der Waals surface area (Å²) >= 11 is 17.4. The Morgan fingerprint density at radius 3 is 2.40 bits per heavy atom. The number of aromatic nitrogens is 2. The van der Waals surface area contributed by atoms with Gasteiger partial charge in [0.05, 0.1) is 12.2 Å². The number of alkyl halides is 3. The van der Waals surface area contributed by atoms with Crippen molar-refractivity contribution < 1.29 is 9.90 Å². The zero-order valence-electron chi connectivity index (χ0n) is 17.5. The minimum absolute atomic E-state index is 0.124. The molecule has 0 spiro atoms. The molecule has 168 valence electrons. The molecular weight excluding hydrogens is 449 g/mol. The van der Waals surface area contributed by atoms with Crippen molar-refractivity contribution in [2.75, 3.05) is 37.4 Å². The van der Waals surface area contributed by atoms with E-state index in [2.05, 4.69) is 10.2 Å². The van der Waals surface area contributed by atoms with Crippen molar-refractivity contribution >= 4 is 52.7 Å². The molecule has 0 aromatic carbocycles. The second kappa shape index (κ2) is 9.96. The van der Waals surface area contributed by atoms with E-state index in [0.29, 0.717) is 12.5 Å². The molecular formula is C20H30Cl3N5O2. The first-order valence-electron chi connectivity index (χ1n) is 10.5. The lowest BCUT2D eigenvalue weighted by molar-refractivity contribution is 0.131. The van der Waals surface area contributed by atoms with Crippen LogP contribution in [0.25, 0.3) is 0 Å². The van der Waals surface area contributed by atoms with Crippen molar-refractivity contribution in [3.63, 3.8) is 0 Å². The molecule has 0 atom stereocenters. The summed E-state index contributed by atoms with van der Waals surface area (Å²) in [7, 11) is 4.05. The van der Waals surface area contributed by atoms with E-state index in [0.717, 1.165) is 44.3 Å². The van der Waals surface area contributed by atoms with Gasteiger partial charge in [-0.2, -0.15) is 4.98 Å². The average Bonchev–Trinajstić information content (AvgIpc) is 2.67. The number of carboxylic acid groups (broad SMARTS) is 1. The van der Waals surface area contributed by atoms with Crippen LogP contribution in [0.1, 0.15) is 49.8 Å². The molecule has 0 saturated heterocycles. The van der Waals surface area contributed by atoms with Crippen molar-refractivity contribution in [2.45, 2.75) is 61.2 Å². The molecule has 2 N–H and O–H groups in total. The van der Waals surface area contributed by atoms with Gasteiger partial charge in [-0.05, 0) is 57.3 Å².